The predicted octanol–water partition coefficient (Wildman–Crippen LogP) is 6.07. The SMILES string of the molecule is COc1cc2c(O)cc3c(c2cc1CS)-c1ccccc1C31CC2CCC1C2. The number of benzene rings is 3. The van der Waals surface area contributed by atoms with E-state index in [0.29, 0.717) is 17.4 Å². The van der Waals surface area contributed by atoms with E-state index < -0.39 is 0 Å². The normalized spacial score (nSPS) is 26.8. The molecule has 142 valence electrons. The van der Waals surface area contributed by atoms with Crippen molar-refractivity contribution in [1.82, 2.24) is 0 Å². The highest BCUT2D eigenvalue weighted by Gasteiger charge is 2.57. The van der Waals surface area contributed by atoms with Gasteiger partial charge < -0.3 is 9.84 Å². The second-order valence-corrected chi connectivity index (χ2v) is 9.10. The molecule has 2 fully saturated rings. The van der Waals surface area contributed by atoms with E-state index in [0.717, 1.165) is 28.0 Å². The van der Waals surface area contributed by atoms with Crippen LogP contribution in [0.15, 0.2) is 42.5 Å². The first-order chi connectivity index (χ1) is 13.7. The Hall–Kier alpha value is -2.13. The first-order valence-corrected chi connectivity index (χ1v) is 10.9. The summed E-state index contributed by atoms with van der Waals surface area (Å²) in [7, 11) is 1.68. The third kappa shape index (κ3) is 1.91. The Labute approximate surface area is 170 Å². The molecule has 0 radical (unpaired) electrons. The van der Waals surface area contributed by atoms with Gasteiger partial charge in [0.2, 0.25) is 0 Å². The third-order valence-corrected chi connectivity index (χ3v) is 8.03. The molecule has 2 bridgehead atoms. The number of aromatic hydroxyl groups is 1. The largest absolute Gasteiger partial charge is 0.507 e. The zero-order chi connectivity index (χ0) is 19.0. The van der Waals surface area contributed by atoms with Crippen LogP contribution in [0.25, 0.3) is 21.9 Å². The zero-order valence-corrected chi connectivity index (χ0v) is 16.9. The quantitative estimate of drug-likeness (QED) is 0.522. The number of hydrogen-bond acceptors (Lipinski definition) is 3. The standard InChI is InChI=1S/C25H24O2S/c1-27-23-10-18-19(9-15(23)13-28)24-17-4-2-3-5-20(17)25(21(24)11-22(18)26)12-14-6-7-16(25)8-14/h2-5,9-11,14,16,26,28H,6-8,12-13H2,1H3. The highest BCUT2D eigenvalue weighted by atomic mass is 32.1. The van der Waals surface area contributed by atoms with Crippen LogP contribution >= 0.6 is 12.6 Å². The molecule has 3 unspecified atom stereocenters. The van der Waals surface area contributed by atoms with Crippen molar-refractivity contribution in [3.8, 4) is 22.6 Å². The minimum atomic E-state index is 0.0849. The summed E-state index contributed by atoms with van der Waals surface area (Å²) >= 11 is 4.52. The van der Waals surface area contributed by atoms with Crippen LogP contribution in [0.4, 0.5) is 0 Å². The molecule has 28 heavy (non-hydrogen) atoms. The van der Waals surface area contributed by atoms with Gasteiger partial charge in [-0.05, 0) is 76.9 Å². The lowest BCUT2D eigenvalue weighted by Gasteiger charge is -2.36. The minimum absolute atomic E-state index is 0.0849. The molecule has 0 amide bonds. The van der Waals surface area contributed by atoms with Gasteiger partial charge in [0, 0.05) is 22.1 Å². The molecule has 3 atom stereocenters. The van der Waals surface area contributed by atoms with Crippen molar-refractivity contribution >= 4 is 23.4 Å². The average Bonchev–Trinajstić information content (AvgIpc) is 3.41. The lowest BCUT2D eigenvalue weighted by molar-refractivity contribution is 0.326. The van der Waals surface area contributed by atoms with E-state index in [4.69, 9.17) is 4.74 Å². The molecule has 3 aromatic carbocycles. The molecule has 3 aliphatic carbocycles. The number of fused-ring (bicyclic) bond motifs is 10. The van der Waals surface area contributed by atoms with Crippen LogP contribution in [-0.4, -0.2) is 12.2 Å². The van der Waals surface area contributed by atoms with E-state index in [9.17, 15) is 5.11 Å². The summed E-state index contributed by atoms with van der Waals surface area (Å²) < 4.78 is 5.56. The lowest BCUT2D eigenvalue weighted by atomic mass is 9.66. The monoisotopic (exact) mass is 388 g/mol. The highest BCUT2D eigenvalue weighted by Crippen LogP contribution is 2.67. The summed E-state index contributed by atoms with van der Waals surface area (Å²) in [5.74, 6) is 3.29. The van der Waals surface area contributed by atoms with Gasteiger partial charge in [-0.15, -0.1) is 0 Å². The van der Waals surface area contributed by atoms with Crippen molar-refractivity contribution in [2.75, 3.05) is 7.11 Å². The molecule has 3 aromatic rings. The number of hydrogen-bond donors (Lipinski definition) is 2. The Kier molecular flexibility index (Phi) is 3.42. The first kappa shape index (κ1) is 16.8. The lowest BCUT2D eigenvalue weighted by Crippen LogP contribution is -2.31. The van der Waals surface area contributed by atoms with Crippen molar-refractivity contribution in [2.45, 2.75) is 36.9 Å². The van der Waals surface area contributed by atoms with Gasteiger partial charge in [0.15, 0.2) is 0 Å². The molecular weight excluding hydrogens is 364 g/mol. The molecule has 1 spiro atoms. The topological polar surface area (TPSA) is 29.5 Å². The van der Waals surface area contributed by atoms with Crippen molar-refractivity contribution in [2.24, 2.45) is 11.8 Å². The fourth-order valence-electron chi connectivity index (χ4n) is 6.66. The number of rotatable bonds is 2. The van der Waals surface area contributed by atoms with E-state index in [1.54, 1.807) is 7.11 Å². The molecule has 0 heterocycles. The molecule has 0 aliphatic heterocycles. The van der Waals surface area contributed by atoms with Crippen LogP contribution in [0.1, 0.15) is 42.4 Å². The molecule has 6 rings (SSSR count). The van der Waals surface area contributed by atoms with Crippen LogP contribution in [-0.2, 0) is 11.2 Å². The van der Waals surface area contributed by atoms with Crippen molar-refractivity contribution in [3.63, 3.8) is 0 Å². The van der Waals surface area contributed by atoms with Gasteiger partial charge in [0.1, 0.15) is 11.5 Å². The number of methoxy groups -OCH3 is 1. The highest BCUT2D eigenvalue weighted by molar-refractivity contribution is 7.79. The van der Waals surface area contributed by atoms with E-state index in [-0.39, 0.29) is 5.41 Å². The van der Waals surface area contributed by atoms with Crippen LogP contribution in [0.5, 0.6) is 11.5 Å². The maximum Gasteiger partial charge on any atom is 0.123 e. The first-order valence-electron chi connectivity index (χ1n) is 10.2. The predicted molar refractivity (Wildman–Crippen MR) is 117 cm³/mol. The smallest absolute Gasteiger partial charge is 0.123 e. The van der Waals surface area contributed by atoms with Gasteiger partial charge in [-0.2, -0.15) is 12.6 Å². The molecule has 2 saturated carbocycles. The fourth-order valence-corrected chi connectivity index (χ4v) is 6.90. The molecular formula is C25H24O2S. The Morgan fingerprint density at radius 2 is 1.96 bits per heavy atom. The van der Waals surface area contributed by atoms with Gasteiger partial charge >= 0.3 is 0 Å². The van der Waals surface area contributed by atoms with Gasteiger partial charge in [-0.1, -0.05) is 30.7 Å². The molecule has 1 N–H and O–H groups in total. The van der Waals surface area contributed by atoms with Crippen molar-refractivity contribution < 1.29 is 9.84 Å². The zero-order valence-electron chi connectivity index (χ0n) is 16.0. The Morgan fingerprint density at radius 3 is 2.68 bits per heavy atom. The number of phenols is 1. The molecule has 0 aromatic heterocycles. The van der Waals surface area contributed by atoms with E-state index >= 15 is 0 Å². The second-order valence-electron chi connectivity index (χ2n) is 8.78. The Bertz CT molecular complexity index is 1140. The summed E-state index contributed by atoms with van der Waals surface area (Å²) in [5, 5.41) is 13.0. The van der Waals surface area contributed by atoms with E-state index in [1.165, 1.54) is 47.9 Å². The maximum absolute atomic E-state index is 11.0. The summed E-state index contributed by atoms with van der Waals surface area (Å²) in [6, 6.07) is 15.2. The number of phenolic OH excluding ortho intramolecular Hbond substituents is 1. The number of thiol groups is 1. The Morgan fingerprint density at radius 1 is 1.11 bits per heavy atom. The van der Waals surface area contributed by atoms with Gasteiger partial charge in [-0.3, -0.25) is 0 Å². The van der Waals surface area contributed by atoms with Gasteiger partial charge in [0.25, 0.3) is 0 Å². The van der Waals surface area contributed by atoms with Crippen molar-refractivity contribution in [1.29, 1.82) is 0 Å². The molecule has 0 saturated heterocycles. The molecule has 2 nitrogen and oxygen atoms in total. The van der Waals surface area contributed by atoms with Crippen LogP contribution in [0.3, 0.4) is 0 Å². The van der Waals surface area contributed by atoms with E-state index in [2.05, 4.69) is 49.0 Å². The average molecular weight is 389 g/mol. The van der Waals surface area contributed by atoms with Gasteiger partial charge in [0.05, 0.1) is 7.11 Å². The number of ether oxygens (including phenoxy) is 1. The minimum Gasteiger partial charge on any atom is -0.507 e. The second kappa shape index (κ2) is 5.70. The molecule has 3 heteroatoms. The van der Waals surface area contributed by atoms with Gasteiger partial charge in [-0.25, -0.2) is 0 Å². The van der Waals surface area contributed by atoms with Crippen molar-refractivity contribution in [3.05, 3.63) is 59.2 Å². The van der Waals surface area contributed by atoms with E-state index in [1.807, 2.05) is 6.07 Å². The fraction of sp³-hybridized carbons (Fsp3) is 0.360. The third-order valence-electron chi connectivity index (χ3n) is 7.69. The summed E-state index contributed by atoms with van der Waals surface area (Å²) in [6.45, 7) is 0. The Balaban J connectivity index is 1.74. The maximum atomic E-state index is 11.0. The summed E-state index contributed by atoms with van der Waals surface area (Å²) in [5.41, 5.74) is 6.65. The molecule has 3 aliphatic rings. The summed E-state index contributed by atoms with van der Waals surface area (Å²) in [4.78, 5) is 0. The van der Waals surface area contributed by atoms with Crippen LogP contribution in [0.2, 0.25) is 0 Å². The summed E-state index contributed by atoms with van der Waals surface area (Å²) in [6.07, 6.45) is 5.23. The van der Waals surface area contributed by atoms with Crippen LogP contribution < -0.4 is 4.74 Å². The van der Waals surface area contributed by atoms with Crippen LogP contribution in [0, 0.1) is 11.8 Å².